The van der Waals surface area contributed by atoms with Gasteiger partial charge < -0.3 is 0 Å². The number of para-hydroxylation sites is 1. The molecule has 4 nitrogen and oxygen atoms in total. The normalized spacial score (nSPS) is 11.4. The van der Waals surface area contributed by atoms with E-state index in [4.69, 9.17) is 5.26 Å². The van der Waals surface area contributed by atoms with Crippen molar-refractivity contribution in [2.75, 3.05) is 0 Å². The number of benzene rings is 1. The zero-order chi connectivity index (χ0) is 10.9. The fourth-order valence-corrected chi connectivity index (χ4v) is 4.03. The zero-order valence-corrected chi connectivity index (χ0v) is 9.69. The molecule has 15 heavy (non-hydrogen) atoms. The highest BCUT2D eigenvalue weighted by atomic mass is 33.1. The number of nitrogens with zero attached hydrogens (tertiary/aromatic N) is 2. The smallest absolute Gasteiger partial charge is 0.224 e. The van der Waals surface area contributed by atoms with Crippen LogP contribution in [0.2, 0.25) is 0 Å². The summed E-state index contributed by atoms with van der Waals surface area (Å²) in [6, 6.07) is 7.13. The van der Waals surface area contributed by atoms with E-state index in [1.54, 1.807) is 23.6 Å². The molecule has 0 aliphatic heterocycles. The van der Waals surface area contributed by atoms with Gasteiger partial charge in [0.25, 0.3) is 8.87 Å². The van der Waals surface area contributed by atoms with Crippen molar-refractivity contribution in [1.82, 2.24) is 4.98 Å². The quantitative estimate of drug-likeness (QED) is 0.608. The van der Waals surface area contributed by atoms with Crippen molar-refractivity contribution < 1.29 is 8.42 Å². The Morgan fingerprint density at radius 2 is 2.13 bits per heavy atom. The summed E-state index contributed by atoms with van der Waals surface area (Å²) in [7, 11) is -3.38. The van der Waals surface area contributed by atoms with Crippen molar-refractivity contribution in [3.05, 3.63) is 24.3 Å². The zero-order valence-electron chi connectivity index (χ0n) is 7.25. The number of nitriles is 1. The fourth-order valence-electron chi connectivity index (χ4n) is 1.04. The Kier molecular flexibility index (Phi) is 2.65. The van der Waals surface area contributed by atoms with Crippen LogP contribution in [0.1, 0.15) is 0 Å². The largest absolute Gasteiger partial charge is 0.270 e. The molecule has 2 aromatic rings. The third-order valence-electron chi connectivity index (χ3n) is 1.64. The first-order valence-corrected chi connectivity index (χ1v) is 7.45. The predicted molar refractivity (Wildman–Crippen MR) is 60.0 cm³/mol. The van der Waals surface area contributed by atoms with Crippen LogP contribution in [0.15, 0.2) is 28.6 Å². The molecule has 0 unspecified atom stereocenters. The third-order valence-corrected chi connectivity index (χ3v) is 5.86. The van der Waals surface area contributed by atoms with Gasteiger partial charge in [0.2, 0.25) is 4.34 Å². The van der Waals surface area contributed by atoms with Crippen LogP contribution >= 0.6 is 22.1 Å². The Morgan fingerprint density at radius 1 is 1.40 bits per heavy atom. The third kappa shape index (κ3) is 1.97. The highest BCUT2D eigenvalue weighted by Gasteiger charge is 2.20. The summed E-state index contributed by atoms with van der Waals surface area (Å²) < 4.78 is 23.8. The summed E-state index contributed by atoms with van der Waals surface area (Å²) in [5.41, 5.74) is 0.639. The van der Waals surface area contributed by atoms with E-state index in [9.17, 15) is 8.42 Å². The predicted octanol–water partition coefficient (Wildman–Crippen LogP) is 2.20. The van der Waals surface area contributed by atoms with Crippen molar-refractivity contribution in [2.24, 2.45) is 0 Å². The second kappa shape index (κ2) is 3.81. The maximum Gasteiger partial charge on any atom is 0.270 e. The second-order valence-corrected chi connectivity index (χ2v) is 7.33. The van der Waals surface area contributed by atoms with Crippen LogP contribution in [0.5, 0.6) is 0 Å². The number of hydrogen-bond donors (Lipinski definition) is 0. The maximum absolute atomic E-state index is 11.5. The first-order chi connectivity index (χ1) is 7.13. The molecular formula is C8H4N2O2S3. The van der Waals surface area contributed by atoms with E-state index in [1.165, 1.54) is 0 Å². The second-order valence-electron chi connectivity index (χ2n) is 2.58. The molecule has 0 atom stereocenters. The lowest BCUT2D eigenvalue weighted by molar-refractivity contribution is 0.610. The molecule has 0 saturated carbocycles. The Bertz CT molecular complexity index is 606. The van der Waals surface area contributed by atoms with Crippen LogP contribution in [0.4, 0.5) is 0 Å². The van der Waals surface area contributed by atoms with Crippen LogP contribution in [0, 0.1) is 10.7 Å². The molecule has 0 aliphatic carbocycles. The van der Waals surface area contributed by atoms with Gasteiger partial charge >= 0.3 is 0 Å². The molecule has 2 rings (SSSR count). The number of fused-ring (bicyclic) bond motifs is 1. The summed E-state index contributed by atoms with van der Waals surface area (Å²) in [5.74, 6) is 0. The summed E-state index contributed by atoms with van der Waals surface area (Å²) >= 11 is 1.07. The van der Waals surface area contributed by atoms with Crippen LogP contribution in [0.25, 0.3) is 10.2 Å². The van der Waals surface area contributed by atoms with E-state index >= 15 is 0 Å². The Labute approximate surface area is 93.9 Å². The van der Waals surface area contributed by atoms with Gasteiger partial charge in [-0.2, -0.15) is 5.26 Å². The Balaban J connectivity index is 2.60. The number of rotatable bonds is 2. The van der Waals surface area contributed by atoms with E-state index < -0.39 is 8.87 Å². The van der Waals surface area contributed by atoms with Gasteiger partial charge in [-0.15, -0.1) is 11.3 Å². The first kappa shape index (κ1) is 10.4. The fraction of sp³-hybridized carbons (Fsp3) is 0. The van der Waals surface area contributed by atoms with Crippen molar-refractivity contribution >= 4 is 41.2 Å². The molecular weight excluding hydrogens is 252 g/mol. The van der Waals surface area contributed by atoms with Crippen LogP contribution in [-0.2, 0) is 8.87 Å². The van der Waals surface area contributed by atoms with Gasteiger partial charge in [-0.05, 0) is 12.1 Å². The molecule has 1 heterocycles. The highest BCUT2D eigenvalue weighted by molar-refractivity contribution is 8.74. The van der Waals surface area contributed by atoms with Gasteiger partial charge in [-0.1, -0.05) is 12.1 Å². The van der Waals surface area contributed by atoms with Crippen molar-refractivity contribution in [2.45, 2.75) is 4.34 Å². The lowest BCUT2D eigenvalue weighted by Crippen LogP contribution is -1.91. The monoisotopic (exact) mass is 256 g/mol. The van der Waals surface area contributed by atoms with E-state index in [-0.39, 0.29) is 15.1 Å². The van der Waals surface area contributed by atoms with Crippen molar-refractivity contribution in [1.29, 1.82) is 5.26 Å². The van der Waals surface area contributed by atoms with E-state index in [2.05, 4.69) is 4.98 Å². The molecule has 1 aromatic carbocycles. The summed E-state index contributed by atoms with van der Waals surface area (Å²) in [5, 5.41) is 9.89. The SMILES string of the molecule is N#CSS(=O)(=O)c1nc2ccccc2s1. The molecule has 0 amide bonds. The molecule has 1 aromatic heterocycles. The van der Waals surface area contributed by atoms with Gasteiger partial charge in [0.05, 0.1) is 21.0 Å². The topological polar surface area (TPSA) is 70.8 Å². The number of hydrogen-bond acceptors (Lipinski definition) is 6. The van der Waals surface area contributed by atoms with Gasteiger partial charge in [0.15, 0.2) is 0 Å². The Morgan fingerprint density at radius 3 is 2.80 bits per heavy atom. The molecule has 0 spiro atoms. The Hall–Kier alpha value is -1.10. The first-order valence-electron chi connectivity index (χ1n) is 3.81. The molecule has 0 fully saturated rings. The number of thiazole rings is 1. The molecule has 7 heteroatoms. The molecule has 0 saturated heterocycles. The van der Waals surface area contributed by atoms with Gasteiger partial charge in [-0.3, -0.25) is 0 Å². The number of thiocyanates is 1. The van der Waals surface area contributed by atoms with Crippen molar-refractivity contribution in [3.8, 4) is 5.40 Å². The minimum absolute atomic E-state index is 0.0183. The van der Waals surface area contributed by atoms with Crippen LogP contribution in [0.3, 0.4) is 0 Å². The van der Waals surface area contributed by atoms with Gasteiger partial charge in [-0.25, -0.2) is 13.4 Å². The average Bonchev–Trinajstić information content (AvgIpc) is 2.61. The van der Waals surface area contributed by atoms with Crippen LogP contribution < -0.4 is 0 Å². The molecule has 0 radical (unpaired) electrons. The van der Waals surface area contributed by atoms with E-state index in [1.807, 2.05) is 6.07 Å². The minimum atomic E-state index is -3.61. The highest BCUT2D eigenvalue weighted by Crippen LogP contribution is 2.30. The summed E-state index contributed by atoms with van der Waals surface area (Å²) in [6.07, 6.45) is 0. The summed E-state index contributed by atoms with van der Waals surface area (Å²) in [6.45, 7) is 0. The van der Waals surface area contributed by atoms with Crippen molar-refractivity contribution in [3.63, 3.8) is 0 Å². The standard InChI is InChI=1S/C8H4N2O2S3/c9-5-13-15(11,12)8-10-6-3-1-2-4-7(6)14-8/h1-4H. The average molecular weight is 256 g/mol. The molecule has 0 bridgehead atoms. The molecule has 76 valence electrons. The van der Waals surface area contributed by atoms with Crippen LogP contribution in [-0.4, -0.2) is 13.4 Å². The lowest BCUT2D eigenvalue weighted by atomic mass is 10.3. The summed E-state index contributed by atoms with van der Waals surface area (Å²) in [4.78, 5) is 3.96. The molecule has 0 aliphatic rings. The lowest BCUT2D eigenvalue weighted by Gasteiger charge is -1.88. The number of aromatic nitrogens is 1. The molecule has 0 N–H and O–H groups in total. The minimum Gasteiger partial charge on any atom is -0.224 e. The maximum atomic E-state index is 11.5. The van der Waals surface area contributed by atoms with Gasteiger partial charge in [0.1, 0.15) is 5.40 Å². The van der Waals surface area contributed by atoms with E-state index in [0.29, 0.717) is 5.52 Å². The van der Waals surface area contributed by atoms with E-state index in [0.717, 1.165) is 16.0 Å². The van der Waals surface area contributed by atoms with Gasteiger partial charge in [0, 0.05) is 0 Å².